The fourth-order valence-corrected chi connectivity index (χ4v) is 2.15. The molecule has 0 atom stereocenters. The molecule has 1 rings (SSSR count). The molecule has 0 saturated heterocycles. The normalized spacial score (nSPS) is 9.70. The molecular formula is C8H9SSn. The van der Waals surface area contributed by atoms with Crippen LogP contribution in [0.4, 0.5) is 0 Å². The molecule has 0 aliphatic heterocycles. The van der Waals surface area contributed by atoms with E-state index < -0.39 is 0 Å². The molecule has 0 amide bonds. The van der Waals surface area contributed by atoms with Crippen molar-refractivity contribution in [2.45, 2.75) is 5.75 Å². The molecule has 1 aromatic rings. The van der Waals surface area contributed by atoms with E-state index in [0.29, 0.717) is 0 Å². The fourth-order valence-electron chi connectivity index (χ4n) is 0.743. The molecule has 0 saturated carbocycles. The van der Waals surface area contributed by atoms with E-state index in [9.17, 15) is 0 Å². The van der Waals surface area contributed by atoms with E-state index in [-0.39, 0.29) is 0 Å². The Labute approximate surface area is 79.5 Å². The van der Waals surface area contributed by atoms with Crippen molar-refractivity contribution >= 4 is 34.3 Å². The van der Waals surface area contributed by atoms with E-state index in [4.69, 9.17) is 0 Å². The number of rotatable bonds is 3. The quantitative estimate of drug-likeness (QED) is 0.746. The predicted octanol–water partition coefficient (Wildman–Crippen LogP) is 2.05. The SMILES string of the molecule is [Sn][CH2]SCc1ccccc1. The van der Waals surface area contributed by atoms with Crippen LogP contribution in [-0.2, 0) is 5.75 Å². The Morgan fingerprint density at radius 2 is 1.90 bits per heavy atom. The van der Waals surface area contributed by atoms with Gasteiger partial charge in [-0.05, 0) is 0 Å². The van der Waals surface area contributed by atoms with Crippen molar-refractivity contribution in [2.75, 3.05) is 3.77 Å². The molecule has 51 valence electrons. The van der Waals surface area contributed by atoms with Crippen LogP contribution in [0.25, 0.3) is 0 Å². The molecule has 0 spiro atoms. The molecule has 0 nitrogen and oxygen atoms in total. The van der Waals surface area contributed by atoms with Gasteiger partial charge in [0.1, 0.15) is 0 Å². The zero-order valence-electron chi connectivity index (χ0n) is 5.71. The van der Waals surface area contributed by atoms with Crippen LogP contribution in [0, 0.1) is 0 Å². The van der Waals surface area contributed by atoms with Crippen molar-refractivity contribution in [1.29, 1.82) is 0 Å². The molecule has 1 aromatic carbocycles. The Kier molecular flexibility index (Phi) is 4.30. The molecule has 2 heteroatoms. The average Bonchev–Trinajstić information content (AvgIpc) is 2.03. The maximum absolute atomic E-state index is 2.18. The van der Waals surface area contributed by atoms with Crippen LogP contribution in [0.5, 0.6) is 0 Å². The van der Waals surface area contributed by atoms with Crippen LogP contribution >= 0.6 is 11.8 Å². The van der Waals surface area contributed by atoms with Gasteiger partial charge in [-0.25, -0.2) is 0 Å². The minimum absolute atomic E-state index is 1.17. The van der Waals surface area contributed by atoms with Gasteiger partial charge < -0.3 is 0 Å². The monoisotopic (exact) mass is 257 g/mol. The van der Waals surface area contributed by atoms with E-state index in [0.717, 1.165) is 0 Å². The molecule has 0 bridgehead atoms. The van der Waals surface area contributed by atoms with Gasteiger partial charge in [-0.1, -0.05) is 0 Å². The molecule has 0 aromatic heterocycles. The van der Waals surface area contributed by atoms with Crippen LogP contribution < -0.4 is 0 Å². The summed E-state index contributed by atoms with van der Waals surface area (Å²) in [7, 11) is 0. The summed E-state index contributed by atoms with van der Waals surface area (Å²) in [5.74, 6) is 1.17. The van der Waals surface area contributed by atoms with Crippen LogP contribution in [-0.4, -0.2) is 26.3 Å². The van der Waals surface area contributed by atoms with Crippen molar-refractivity contribution in [3.63, 3.8) is 0 Å². The Balaban J connectivity index is 2.43. The first-order chi connectivity index (χ1) is 4.93. The second-order valence-corrected chi connectivity index (χ2v) is 5.44. The van der Waals surface area contributed by atoms with Crippen molar-refractivity contribution in [1.82, 2.24) is 0 Å². The summed E-state index contributed by atoms with van der Waals surface area (Å²) in [6.07, 6.45) is 0. The van der Waals surface area contributed by atoms with E-state index in [1.807, 2.05) is 11.8 Å². The third-order valence-corrected chi connectivity index (χ3v) is 3.70. The first-order valence-corrected chi connectivity index (χ1v) is 6.37. The van der Waals surface area contributed by atoms with Gasteiger partial charge in [0, 0.05) is 0 Å². The Morgan fingerprint density at radius 3 is 2.50 bits per heavy atom. The molecule has 0 N–H and O–H groups in total. The number of hydrogen-bond acceptors (Lipinski definition) is 1. The van der Waals surface area contributed by atoms with Crippen LogP contribution in [0.15, 0.2) is 30.3 Å². The maximum atomic E-state index is 2.18. The molecule has 0 fully saturated rings. The summed E-state index contributed by atoms with van der Waals surface area (Å²) in [5, 5.41) is 0. The first-order valence-electron chi connectivity index (χ1n) is 3.20. The van der Waals surface area contributed by atoms with Gasteiger partial charge >= 0.3 is 79.7 Å². The molecular weight excluding hydrogens is 247 g/mol. The van der Waals surface area contributed by atoms with E-state index >= 15 is 0 Å². The summed E-state index contributed by atoms with van der Waals surface area (Å²) in [6, 6.07) is 10.6. The van der Waals surface area contributed by atoms with Crippen molar-refractivity contribution in [3.05, 3.63) is 35.9 Å². The zero-order chi connectivity index (χ0) is 7.23. The third kappa shape index (κ3) is 2.97. The van der Waals surface area contributed by atoms with Gasteiger partial charge in [-0.2, -0.15) is 0 Å². The van der Waals surface area contributed by atoms with Crippen molar-refractivity contribution in [2.24, 2.45) is 0 Å². The molecule has 0 unspecified atom stereocenters. The van der Waals surface area contributed by atoms with Crippen molar-refractivity contribution < 1.29 is 0 Å². The van der Waals surface area contributed by atoms with Gasteiger partial charge in [-0.3, -0.25) is 0 Å². The molecule has 0 heterocycles. The first kappa shape index (κ1) is 8.47. The van der Waals surface area contributed by atoms with Crippen LogP contribution in [0.2, 0.25) is 0 Å². The van der Waals surface area contributed by atoms with E-state index in [2.05, 4.69) is 30.3 Å². The molecule has 3 radical (unpaired) electrons. The Morgan fingerprint density at radius 1 is 1.20 bits per heavy atom. The Bertz CT molecular complexity index is 174. The summed E-state index contributed by atoms with van der Waals surface area (Å²) in [6.45, 7) is 0. The van der Waals surface area contributed by atoms with Crippen LogP contribution in [0.3, 0.4) is 0 Å². The standard InChI is InChI=1S/C8H9S.Sn/c1-9-7-8-5-3-2-4-6-8;/h2-6H,1,7H2;. The molecule has 0 aliphatic rings. The van der Waals surface area contributed by atoms with Gasteiger partial charge in [0.25, 0.3) is 0 Å². The second kappa shape index (κ2) is 5.08. The summed E-state index contributed by atoms with van der Waals surface area (Å²) in [5.41, 5.74) is 1.44. The van der Waals surface area contributed by atoms with Gasteiger partial charge in [0.15, 0.2) is 0 Å². The van der Waals surface area contributed by atoms with Crippen LogP contribution in [0.1, 0.15) is 5.56 Å². The number of thioether (sulfide) groups is 1. The van der Waals surface area contributed by atoms with E-state index in [1.54, 1.807) is 22.5 Å². The zero-order valence-corrected chi connectivity index (χ0v) is 9.38. The number of benzene rings is 1. The molecule has 0 aliphatic carbocycles. The number of hydrogen-bond donors (Lipinski definition) is 0. The third-order valence-electron chi connectivity index (χ3n) is 1.21. The van der Waals surface area contributed by atoms with Gasteiger partial charge in [0.05, 0.1) is 0 Å². The minimum atomic E-state index is 1.17. The Hall–Kier alpha value is 0.369. The summed E-state index contributed by atoms with van der Waals surface area (Å²) >= 11 is 3.62. The fraction of sp³-hybridized carbons (Fsp3) is 0.250. The second-order valence-electron chi connectivity index (χ2n) is 1.98. The topological polar surface area (TPSA) is 0 Å². The summed E-state index contributed by atoms with van der Waals surface area (Å²) in [4.78, 5) is 0. The van der Waals surface area contributed by atoms with Gasteiger partial charge in [0.2, 0.25) is 0 Å². The molecule has 10 heavy (non-hydrogen) atoms. The van der Waals surface area contributed by atoms with Crippen molar-refractivity contribution in [3.8, 4) is 0 Å². The van der Waals surface area contributed by atoms with E-state index in [1.165, 1.54) is 15.1 Å². The summed E-state index contributed by atoms with van der Waals surface area (Å²) < 4.78 is 1.29. The average molecular weight is 256 g/mol. The predicted molar refractivity (Wildman–Crippen MR) is 48.4 cm³/mol. The van der Waals surface area contributed by atoms with Gasteiger partial charge in [-0.15, -0.1) is 0 Å².